The normalized spacial score (nSPS) is 11.3. The lowest BCUT2D eigenvalue weighted by atomic mass is 9.83. The van der Waals surface area contributed by atoms with E-state index in [2.05, 4.69) is 15.6 Å². The lowest BCUT2D eigenvalue weighted by molar-refractivity contribution is -0.138. The highest BCUT2D eigenvalue weighted by Crippen LogP contribution is 2.25. The summed E-state index contributed by atoms with van der Waals surface area (Å²) in [4.78, 5) is 22.9. The summed E-state index contributed by atoms with van der Waals surface area (Å²) >= 11 is 0. The highest BCUT2D eigenvalue weighted by molar-refractivity contribution is 5.87. The number of carboxylic acid groups (broad SMARTS) is 1. The van der Waals surface area contributed by atoms with Crippen LogP contribution in [0.3, 0.4) is 0 Å². The number of amides is 1. The van der Waals surface area contributed by atoms with Crippen molar-refractivity contribution in [2.24, 2.45) is 0 Å². The lowest BCUT2D eigenvalue weighted by Crippen LogP contribution is -2.40. The number of rotatable bonds is 6. The van der Waals surface area contributed by atoms with Crippen LogP contribution in [0.4, 0.5) is 4.39 Å². The molecule has 2 rings (SSSR count). The number of aromatic nitrogens is 3. The molecule has 8 heteroatoms. The number of halogens is 1. The molecule has 2 aromatic rings. The van der Waals surface area contributed by atoms with E-state index in [0.717, 1.165) is 4.68 Å². The maximum atomic E-state index is 13.9. The Morgan fingerprint density at radius 3 is 2.70 bits per heavy atom. The number of carboxylic acids is 1. The SMILES string of the molecule is CC(C)(C(=O)NCc1cn(CC(=O)O)nn1)c1ccccc1F. The summed E-state index contributed by atoms with van der Waals surface area (Å²) in [6.45, 7) is 3.03. The first-order valence-electron chi connectivity index (χ1n) is 6.95. The Labute approximate surface area is 132 Å². The fourth-order valence-corrected chi connectivity index (χ4v) is 2.12. The van der Waals surface area contributed by atoms with E-state index in [1.54, 1.807) is 32.0 Å². The second-order valence-corrected chi connectivity index (χ2v) is 5.59. The fourth-order valence-electron chi connectivity index (χ4n) is 2.12. The zero-order valence-corrected chi connectivity index (χ0v) is 12.8. The Morgan fingerprint density at radius 1 is 1.35 bits per heavy atom. The van der Waals surface area contributed by atoms with Gasteiger partial charge in [0.15, 0.2) is 0 Å². The Hall–Kier alpha value is -2.77. The average molecular weight is 320 g/mol. The van der Waals surface area contributed by atoms with Gasteiger partial charge in [-0.3, -0.25) is 9.59 Å². The number of benzene rings is 1. The molecular weight excluding hydrogens is 303 g/mol. The monoisotopic (exact) mass is 320 g/mol. The molecule has 0 bridgehead atoms. The van der Waals surface area contributed by atoms with Gasteiger partial charge in [-0.05, 0) is 19.9 Å². The third-order valence-electron chi connectivity index (χ3n) is 3.43. The summed E-state index contributed by atoms with van der Waals surface area (Å²) in [6, 6.07) is 6.11. The van der Waals surface area contributed by atoms with Crippen LogP contribution in [-0.4, -0.2) is 32.0 Å². The van der Waals surface area contributed by atoms with Crippen LogP contribution in [-0.2, 0) is 28.1 Å². The molecule has 0 atom stereocenters. The average Bonchev–Trinajstić information content (AvgIpc) is 2.91. The molecule has 0 aliphatic carbocycles. The Bertz CT molecular complexity index is 727. The van der Waals surface area contributed by atoms with Crippen molar-refractivity contribution in [3.63, 3.8) is 0 Å². The van der Waals surface area contributed by atoms with E-state index < -0.39 is 17.2 Å². The van der Waals surface area contributed by atoms with Crippen LogP contribution in [0, 0.1) is 5.82 Å². The van der Waals surface area contributed by atoms with E-state index in [1.807, 2.05) is 0 Å². The van der Waals surface area contributed by atoms with Crippen LogP contribution in [0.15, 0.2) is 30.5 Å². The van der Waals surface area contributed by atoms with E-state index in [9.17, 15) is 14.0 Å². The second kappa shape index (κ2) is 6.55. The third-order valence-corrected chi connectivity index (χ3v) is 3.43. The molecule has 23 heavy (non-hydrogen) atoms. The molecule has 0 aliphatic rings. The van der Waals surface area contributed by atoms with Crippen molar-refractivity contribution in [2.75, 3.05) is 0 Å². The minimum Gasteiger partial charge on any atom is -0.480 e. The Morgan fingerprint density at radius 2 is 2.04 bits per heavy atom. The van der Waals surface area contributed by atoms with Crippen LogP contribution < -0.4 is 5.32 Å². The number of hydrogen-bond acceptors (Lipinski definition) is 4. The summed E-state index contributed by atoms with van der Waals surface area (Å²) in [5.74, 6) is -1.85. The summed E-state index contributed by atoms with van der Waals surface area (Å²) in [5.41, 5.74) is -0.335. The predicted molar refractivity (Wildman–Crippen MR) is 78.9 cm³/mol. The van der Waals surface area contributed by atoms with Gasteiger partial charge in [0.1, 0.15) is 18.1 Å². The van der Waals surface area contributed by atoms with E-state index in [4.69, 9.17) is 5.11 Å². The highest BCUT2D eigenvalue weighted by atomic mass is 19.1. The quantitative estimate of drug-likeness (QED) is 0.830. The first-order valence-corrected chi connectivity index (χ1v) is 6.95. The molecule has 0 radical (unpaired) electrons. The smallest absolute Gasteiger partial charge is 0.325 e. The van der Waals surface area contributed by atoms with Crippen molar-refractivity contribution in [3.05, 3.63) is 47.5 Å². The topological polar surface area (TPSA) is 97.1 Å². The van der Waals surface area contributed by atoms with Crippen molar-refractivity contribution >= 4 is 11.9 Å². The van der Waals surface area contributed by atoms with Gasteiger partial charge in [-0.1, -0.05) is 23.4 Å². The Balaban J connectivity index is 2.03. The van der Waals surface area contributed by atoms with Gasteiger partial charge in [0, 0.05) is 5.56 Å². The van der Waals surface area contributed by atoms with Gasteiger partial charge in [0.05, 0.1) is 18.2 Å². The van der Waals surface area contributed by atoms with Crippen molar-refractivity contribution in [1.82, 2.24) is 20.3 Å². The van der Waals surface area contributed by atoms with Gasteiger partial charge in [-0.25, -0.2) is 9.07 Å². The molecule has 1 heterocycles. The van der Waals surface area contributed by atoms with Gasteiger partial charge in [-0.2, -0.15) is 0 Å². The number of carbonyl (C=O) groups is 2. The summed E-state index contributed by atoms with van der Waals surface area (Å²) in [7, 11) is 0. The van der Waals surface area contributed by atoms with Crippen LogP contribution in [0.2, 0.25) is 0 Å². The molecule has 0 saturated carbocycles. The first-order chi connectivity index (χ1) is 10.8. The molecule has 0 fully saturated rings. The predicted octanol–water partition coefficient (Wildman–Crippen LogP) is 1.10. The maximum absolute atomic E-state index is 13.9. The van der Waals surface area contributed by atoms with Gasteiger partial charge in [-0.15, -0.1) is 5.10 Å². The zero-order valence-electron chi connectivity index (χ0n) is 12.8. The van der Waals surface area contributed by atoms with Crippen LogP contribution in [0.5, 0.6) is 0 Å². The van der Waals surface area contributed by atoms with Crippen LogP contribution >= 0.6 is 0 Å². The summed E-state index contributed by atoms with van der Waals surface area (Å²) < 4.78 is 15.0. The molecular formula is C15H17FN4O3. The van der Waals surface area contributed by atoms with Gasteiger partial charge in [0.25, 0.3) is 0 Å². The summed E-state index contributed by atoms with van der Waals surface area (Å²) in [5, 5.41) is 18.7. The minimum absolute atomic E-state index is 0.0797. The van der Waals surface area contributed by atoms with E-state index >= 15 is 0 Å². The van der Waals surface area contributed by atoms with Crippen molar-refractivity contribution < 1.29 is 19.1 Å². The molecule has 0 spiro atoms. The molecule has 0 unspecified atom stereocenters. The van der Waals surface area contributed by atoms with Crippen LogP contribution in [0.1, 0.15) is 25.1 Å². The Kier molecular flexibility index (Phi) is 4.73. The number of nitrogens with one attached hydrogen (secondary N) is 1. The highest BCUT2D eigenvalue weighted by Gasteiger charge is 2.32. The number of nitrogens with zero attached hydrogens (tertiary/aromatic N) is 3. The van der Waals surface area contributed by atoms with Crippen LogP contribution in [0.25, 0.3) is 0 Å². The summed E-state index contributed by atoms with van der Waals surface area (Å²) in [6.07, 6.45) is 1.44. The number of hydrogen-bond donors (Lipinski definition) is 2. The van der Waals surface area contributed by atoms with Gasteiger partial charge in [0.2, 0.25) is 5.91 Å². The molecule has 1 aromatic heterocycles. The van der Waals surface area contributed by atoms with E-state index in [1.165, 1.54) is 12.3 Å². The second-order valence-electron chi connectivity index (χ2n) is 5.59. The third kappa shape index (κ3) is 3.91. The van der Waals surface area contributed by atoms with Crippen molar-refractivity contribution in [3.8, 4) is 0 Å². The number of aliphatic carboxylic acids is 1. The largest absolute Gasteiger partial charge is 0.480 e. The molecule has 0 saturated heterocycles. The van der Waals surface area contributed by atoms with E-state index in [-0.39, 0.29) is 19.0 Å². The zero-order chi connectivity index (χ0) is 17.0. The van der Waals surface area contributed by atoms with Crippen molar-refractivity contribution in [1.29, 1.82) is 0 Å². The standard InChI is InChI=1S/C15H17FN4O3/c1-15(2,11-5-3-4-6-12(11)16)14(23)17-7-10-8-20(19-18-10)9-13(21)22/h3-6,8H,7,9H2,1-2H3,(H,17,23)(H,21,22). The molecule has 122 valence electrons. The fraction of sp³-hybridized carbons (Fsp3) is 0.333. The van der Waals surface area contributed by atoms with Crippen molar-refractivity contribution in [2.45, 2.75) is 32.4 Å². The number of carbonyl (C=O) groups excluding carboxylic acids is 1. The molecule has 0 aliphatic heterocycles. The minimum atomic E-state index is -1.05. The maximum Gasteiger partial charge on any atom is 0.325 e. The van der Waals surface area contributed by atoms with E-state index in [0.29, 0.717) is 11.3 Å². The molecule has 1 aromatic carbocycles. The van der Waals surface area contributed by atoms with Gasteiger partial charge < -0.3 is 10.4 Å². The lowest BCUT2D eigenvalue weighted by Gasteiger charge is -2.24. The molecule has 1 amide bonds. The molecule has 2 N–H and O–H groups in total. The first kappa shape index (κ1) is 16.6. The molecule has 7 nitrogen and oxygen atoms in total. The van der Waals surface area contributed by atoms with Gasteiger partial charge >= 0.3 is 5.97 Å².